The summed E-state index contributed by atoms with van der Waals surface area (Å²) in [6.07, 6.45) is 4.01. The SMILES string of the molecule is CCCc1nc(CN2CCC(C(=O)c3ccc4c(c3)OCCO4)CC2)cs1. The molecule has 27 heavy (non-hydrogen) atoms. The molecule has 4 rings (SSSR count). The zero-order chi connectivity index (χ0) is 18.6. The molecular weight excluding hydrogens is 360 g/mol. The van der Waals surface area contributed by atoms with Crippen molar-refractivity contribution in [2.45, 2.75) is 39.2 Å². The van der Waals surface area contributed by atoms with Gasteiger partial charge in [-0.25, -0.2) is 4.98 Å². The number of piperidine rings is 1. The largest absolute Gasteiger partial charge is 0.486 e. The van der Waals surface area contributed by atoms with Gasteiger partial charge in [0, 0.05) is 23.4 Å². The number of thiazole rings is 1. The molecule has 1 aromatic heterocycles. The maximum absolute atomic E-state index is 12.9. The van der Waals surface area contributed by atoms with E-state index in [4.69, 9.17) is 14.5 Å². The molecule has 0 aliphatic carbocycles. The van der Waals surface area contributed by atoms with Crippen molar-refractivity contribution < 1.29 is 14.3 Å². The average molecular weight is 387 g/mol. The van der Waals surface area contributed by atoms with Crippen LogP contribution < -0.4 is 9.47 Å². The van der Waals surface area contributed by atoms with Gasteiger partial charge in [0.1, 0.15) is 13.2 Å². The zero-order valence-corrected chi connectivity index (χ0v) is 16.6. The monoisotopic (exact) mass is 386 g/mol. The Labute approximate surface area is 164 Å². The van der Waals surface area contributed by atoms with Gasteiger partial charge in [0.25, 0.3) is 0 Å². The minimum absolute atomic E-state index is 0.0925. The van der Waals surface area contributed by atoms with Crippen LogP contribution in [-0.2, 0) is 13.0 Å². The summed E-state index contributed by atoms with van der Waals surface area (Å²) in [7, 11) is 0. The van der Waals surface area contributed by atoms with E-state index in [0.717, 1.165) is 56.6 Å². The topological polar surface area (TPSA) is 51.7 Å². The maximum atomic E-state index is 12.9. The minimum Gasteiger partial charge on any atom is -0.486 e. The second-order valence-corrected chi connectivity index (χ2v) is 8.20. The van der Waals surface area contributed by atoms with Gasteiger partial charge in [-0.3, -0.25) is 9.69 Å². The Morgan fingerprint density at radius 1 is 1.22 bits per heavy atom. The predicted octanol–water partition coefficient (Wildman–Crippen LogP) is 3.96. The van der Waals surface area contributed by atoms with Gasteiger partial charge in [0.2, 0.25) is 0 Å². The van der Waals surface area contributed by atoms with Crippen LogP contribution in [0, 0.1) is 5.92 Å². The van der Waals surface area contributed by atoms with Crippen molar-refractivity contribution in [2.24, 2.45) is 5.92 Å². The average Bonchev–Trinajstić information content (AvgIpc) is 3.15. The van der Waals surface area contributed by atoms with E-state index in [1.807, 2.05) is 18.2 Å². The molecule has 1 aromatic carbocycles. The Morgan fingerprint density at radius 2 is 2.00 bits per heavy atom. The highest BCUT2D eigenvalue weighted by Gasteiger charge is 2.27. The first-order valence-corrected chi connectivity index (χ1v) is 10.7. The summed E-state index contributed by atoms with van der Waals surface area (Å²) in [6.45, 7) is 6.08. The van der Waals surface area contributed by atoms with Crippen molar-refractivity contribution in [2.75, 3.05) is 26.3 Å². The number of carbonyl (C=O) groups excluding carboxylic acids is 1. The number of fused-ring (bicyclic) bond motifs is 1. The van der Waals surface area contributed by atoms with E-state index in [-0.39, 0.29) is 11.7 Å². The number of rotatable bonds is 6. The molecule has 2 aliphatic rings. The number of likely N-dealkylation sites (tertiary alicyclic amines) is 1. The first-order valence-electron chi connectivity index (χ1n) is 9.82. The highest BCUT2D eigenvalue weighted by atomic mass is 32.1. The van der Waals surface area contributed by atoms with Crippen LogP contribution in [0.4, 0.5) is 0 Å². The van der Waals surface area contributed by atoms with E-state index in [1.165, 1.54) is 10.7 Å². The summed E-state index contributed by atoms with van der Waals surface area (Å²) in [6, 6.07) is 5.56. The number of carbonyl (C=O) groups is 1. The fraction of sp³-hybridized carbons (Fsp3) is 0.524. The van der Waals surface area contributed by atoms with Gasteiger partial charge in [-0.1, -0.05) is 6.92 Å². The standard InChI is InChI=1S/C21H26N2O3S/c1-2-3-20-22-17(14-27-20)13-23-8-6-15(7-9-23)21(24)16-4-5-18-19(12-16)26-11-10-25-18/h4-5,12,14-15H,2-3,6-11,13H2,1H3. The van der Waals surface area contributed by atoms with Crippen LogP contribution in [0.2, 0.25) is 0 Å². The first kappa shape index (κ1) is 18.4. The Hall–Kier alpha value is -1.92. The number of hydrogen-bond acceptors (Lipinski definition) is 6. The lowest BCUT2D eigenvalue weighted by molar-refractivity contribution is 0.0833. The van der Waals surface area contributed by atoms with Crippen molar-refractivity contribution in [1.29, 1.82) is 0 Å². The van der Waals surface area contributed by atoms with E-state index in [2.05, 4.69) is 17.2 Å². The van der Waals surface area contributed by atoms with Crippen LogP contribution in [0.25, 0.3) is 0 Å². The Balaban J connectivity index is 1.32. The van der Waals surface area contributed by atoms with Crippen molar-refractivity contribution in [3.63, 3.8) is 0 Å². The van der Waals surface area contributed by atoms with Gasteiger partial charge >= 0.3 is 0 Å². The van der Waals surface area contributed by atoms with Crippen LogP contribution >= 0.6 is 11.3 Å². The fourth-order valence-electron chi connectivity index (χ4n) is 3.76. The minimum atomic E-state index is 0.0925. The Bertz CT molecular complexity index is 796. The molecule has 144 valence electrons. The number of nitrogens with zero attached hydrogens (tertiary/aromatic N) is 2. The first-order chi connectivity index (χ1) is 13.2. The molecule has 0 bridgehead atoms. The third-order valence-electron chi connectivity index (χ3n) is 5.23. The molecule has 1 fully saturated rings. The van der Waals surface area contributed by atoms with Crippen LogP contribution in [0.15, 0.2) is 23.6 Å². The molecule has 0 N–H and O–H groups in total. The second kappa shape index (κ2) is 8.40. The molecule has 6 heteroatoms. The summed E-state index contributed by atoms with van der Waals surface area (Å²) < 4.78 is 11.2. The molecule has 0 saturated carbocycles. The highest BCUT2D eigenvalue weighted by Crippen LogP contribution is 2.32. The van der Waals surface area contributed by atoms with Gasteiger partial charge in [0.15, 0.2) is 17.3 Å². The molecule has 0 unspecified atom stereocenters. The predicted molar refractivity (Wildman–Crippen MR) is 106 cm³/mol. The summed E-state index contributed by atoms with van der Waals surface area (Å²) in [5.74, 6) is 1.75. The molecule has 5 nitrogen and oxygen atoms in total. The molecule has 0 amide bonds. The van der Waals surface area contributed by atoms with Gasteiger partial charge < -0.3 is 9.47 Å². The number of hydrogen-bond donors (Lipinski definition) is 0. The molecule has 0 atom stereocenters. The van der Waals surface area contributed by atoms with Crippen LogP contribution in [0.3, 0.4) is 0 Å². The molecule has 1 saturated heterocycles. The van der Waals surface area contributed by atoms with E-state index >= 15 is 0 Å². The van der Waals surface area contributed by atoms with Gasteiger partial charge in [-0.15, -0.1) is 11.3 Å². The van der Waals surface area contributed by atoms with Crippen molar-refractivity contribution >= 4 is 17.1 Å². The van der Waals surface area contributed by atoms with Gasteiger partial charge in [-0.2, -0.15) is 0 Å². The van der Waals surface area contributed by atoms with Gasteiger partial charge in [0.05, 0.1) is 10.7 Å². The van der Waals surface area contributed by atoms with E-state index in [1.54, 1.807) is 11.3 Å². The van der Waals surface area contributed by atoms with E-state index < -0.39 is 0 Å². The quantitative estimate of drug-likeness (QED) is 0.704. The molecule has 0 spiro atoms. The summed E-state index contributed by atoms with van der Waals surface area (Å²) >= 11 is 1.76. The van der Waals surface area contributed by atoms with Crippen molar-refractivity contribution in [1.82, 2.24) is 9.88 Å². The van der Waals surface area contributed by atoms with Gasteiger partial charge in [-0.05, 0) is 57.0 Å². The lowest BCUT2D eigenvalue weighted by Gasteiger charge is -2.30. The van der Waals surface area contributed by atoms with Crippen molar-refractivity contribution in [3.05, 3.63) is 39.8 Å². The number of aryl methyl sites for hydroxylation is 1. The maximum Gasteiger partial charge on any atom is 0.166 e. The fourth-order valence-corrected chi connectivity index (χ4v) is 4.66. The molecule has 2 aromatic rings. The second-order valence-electron chi connectivity index (χ2n) is 7.26. The molecular formula is C21H26N2O3S. The molecule has 2 aliphatic heterocycles. The Kier molecular flexibility index (Phi) is 5.74. The Morgan fingerprint density at radius 3 is 2.78 bits per heavy atom. The molecule has 0 radical (unpaired) electrons. The summed E-state index contributed by atoms with van der Waals surface area (Å²) in [5.41, 5.74) is 1.90. The van der Waals surface area contributed by atoms with Crippen LogP contribution in [-0.4, -0.2) is 42.0 Å². The van der Waals surface area contributed by atoms with E-state index in [0.29, 0.717) is 19.0 Å². The van der Waals surface area contributed by atoms with Crippen molar-refractivity contribution in [3.8, 4) is 11.5 Å². The number of ether oxygens (including phenoxy) is 2. The third kappa shape index (κ3) is 4.33. The third-order valence-corrected chi connectivity index (χ3v) is 6.19. The molecule has 3 heterocycles. The van der Waals surface area contributed by atoms with Crippen LogP contribution in [0.1, 0.15) is 47.2 Å². The number of Topliss-reactive ketones (excluding diaryl/α,β-unsaturated/α-hetero) is 1. The number of aromatic nitrogens is 1. The smallest absolute Gasteiger partial charge is 0.166 e. The van der Waals surface area contributed by atoms with Crippen LogP contribution in [0.5, 0.6) is 11.5 Å². The zero-order valence-electron chi connectivity index (χ0n) is 15.8. The lowest BCUT2D eigenvalue weighted by atomic mass is 9.88. The number of benzene rings is 1. The number of ketones is 1. The lowest BCUT2D eigenvalue weighted by Crippen LogP contribution is -2.36. The summed E-state index contributed by atoms with van der Waals surface area (Å²) in [4.78, 5) is 20.0. The van der Waals surface area contributed by atoms with E-state index in [9.17, 15) is 4.79 Å². The normalized spacial score (nSPS) is 17.8. The highest BCUT2D eigenvalue weighted by molar-refractivity contribution is 7.09. The summed E-state index contributed by atoms with van der Waals surface area (Å²) in [5, 5.41) is 3.41.